The van der Waals surface area contributed by atoms with E-state index in [0.717, 1.165) is 11.0 Å². The lowest BCUT2D eigenvalue weighted by Crippen LogP contribution is -2.24. The first-order valence-electron chi connectivity index (χ1n) is 8.82. The molecule has 0 spiro atoms. The van der Waals surface area contributed by atoms with Gasteiger partial charge in [0.2, 0.25) is 5.91 Å². The molecule has 9 heteroatoms. The zero-order valence-electron chi connectivity index (χ0n) is 15.7. The number of furan rings is 1. The van der Waals surface area contributed by atoms with Gasteiger partial charge < -0.3 is 15.1 Å². The third-order valence-electron chi connectivity index (χ3n) is 4.03. The van der Waals surface area contributed by atoms with Crippen LogP contribution in [-0.4, -0.2) is 17.1 Å². The fourth-order valence-electron chi connectivity index (χ4n) is 2.55. The minimum atomic E-state index is -4.56. The largest absolute Gasteiger partial charge is 0.459 e. The monoisotopic (exact) mass is 434 g/mol. The molecule has 156 valence electrons. The predicted octanol–water partition coefficient (Wildman–Crippen LogP) is 5.67. The van der Waals surface area contributed by atoms with E-state index in [9.17, 15) is 22.8 Å². The molecule has 0 aliphatic rings. The van der Waals surface area contributed by atoms with Crippen LogP contribution >= 0.6 is 11.8 Å². The van der Waals surface area contributed by atoms with Crippen molar-refractivity contribution in [3.05, 3.63) is 78.3 Å². The maximum Gasteiger partial charge on any atom is 0.418 e. The molecule has 3 aromatic rings. The first-order valence-corrected chi connectivity index (χ1v) is 9.70. The van der Waals surface area contributed by atoms with Crippen LogP contribution in [0.25, 0.3) is 0 Å². The van der Waals surface area contributed by atoms with Crippen molar-refractivity contribution < 1.29 is 27.2 Å². The summed E-state index contributed by atoms with van der Waals surface area (Å²) < 4.78 is 44.2. The maximum absolute atomic E-state index is 13.1. The molecule has 1 unspecified atom stereocenters. The van der Waals surface area contributed by atoms with Crippen LogP contribution in [0.2, 0.25) is 0 Å². The molecule has 0 aliphatic heterocycles. The van der Waals surface area contributed by atoms with Gasteiger partial charge >= 0.3 is 6.18 Å². The minimum Gasteiger partial charge on any atom is -0.459 e. The highest BCUT2D eigenvalue weighted by Gasteiger charge is 2.33. The molecular formula is C21H17F3N2O3S. The molecule has 1 atom stereocenters. The fraction of sp³-hybridized carbons (Fsp3) is 0.143. The Morgan fingerprint density at radius 1 is 0.967 bits per heavy atom. The summed E-state index contributed by atoms with van der Waals surface area (Å²) in [6.45, 7) is 1.60. The van der Waals surface area contributed by atoms with E-state index in [1.165, 1.54) is 42.3 Å². The van der Waals surface area contributed by atoms with Gasteiger partial charge in [-0.3, -0.25) is 9.59 Å². The molecule has 0 saturated heterocycles. The first kappa shape index (κ1) is 21.5. The molecule has 0 bridgehead atoms. The van der Waals surface area contributed by atoms with E-state index in [4.69, 9.17) is 4.42 Å². The lowest BCUT2D eigenvalue weighted by Gasteiger charge is -2.16. The van der Waals surface area contributed by atoms with Gasteiger partial charge in [-0.15, -0.1) is 11.8 Å². The van der Waals surface area contributed by atoms with E-state index in [1.54, 1.807) is 37.3 Å². The Morgan fingerprint density at radius 3 is 2.30 bits per heavy atom. The summed E-state index contributed by atoms with van der Waals surface area (Å²) in [7, 11) is 0. The van der Waals surface area contributed by atoms with Crippen LogP contribution in [0.5, 0.6) is 0 Å². The minimum absolute atomic E-state index is 0.179. The number of thioether (sulfide) groups is 1. The van der Waals surface area contributed by atoms with Crippen molar-refractivity contribution in [1.82, 2.24) is 0 Å². The van der Waals surface area contributed by atoms with Gasteiger partial charge in [-0.2, -0.15) is 13.2 Å². The number of carbonyl (C=O) groups is 2. The van der Waals surface area contributed by atoms with Crippen molar-refractivity contribution in [2.75, 3.05) is 10.6 Å². The third-order valence-corrected chi connectivity index (χ3v) is 5.14. The van der Waals surface area contributed by atoms with Crippen molar-refractivity contribution in [3.63, 3.8) is 0 Å². The lowest BCUT2D eigenvalue weighted by atomic mass is 10.1. The van der Waals surface area contributed by atoms with Crippen LogP contribution in [0.1, 0.15) is 23.0 Å². The number of hydrogen-bond donors (Lipinski definition) is 2. The van der Waals surface area contributed by atoms with E-state index >= 15 is 0 Å². The van der Waals surface area contributed by atoms with Gasteiger partial charge in [0.1, 0.15) is 0 Å². The quantitative estimate of drug-likeness (QED) is 0.491. The van der Waals surface area contributed by atoms with Crippen LogP contribution in [-0.2, 0) is 11.0 Å². The van der Waals surface area contributed by atoms with Crippen LogP contribution in [0.15, 0.2) is 76.2 Å². The number of halogens is 3. The normalized spacial score (nSPS) is 12.3. The summed E-state index contributed by atoms with van der Waals surface area (Å²) >= 11 is 1.19. The third kappa shape index (κ3) is 5.44. The van der Waals surface area contributed by atoms with Gasteiger partial charge in [-0.25, -0.2) is 0 Å². The zero-order chi connectivity index (χ0) is 21.7. The summed E-state index contributed by atoms with van der Waals surface area (Å²) in [5.41, 5.74) is -0.636. The molecule has 0 fully saturated rings. The van der Waals surface area contributed by atoms with Gasteiger partial charge in [0.15, 0.2) is 5.76 Å². The number of nitrogens with one attached hydrogen (secondary N) is 2. The van der Waals surface area contributed by atoms with Gasteiger partial charge in [0, 0.05) is 10.6 Å². The topological polar surface area (TPSA) is 71.3 Å². The maximum atomic E-state index is 13.1. The van der Waals surface area contributed by atoms with E-state index in [0.29, 0.717) is 5.69 Å². The lowest BCUT2D eigenvalue weighted by molar-refractivity contribution is -0.137. The molecule has 1 aromatic heterocycles. The first-order chi connectivity index (χ1) is 14.2. The Bertz CT molecular complexity index is 1020. The molecule has 0 radical (unpaired) electrons. The van der Waals surface area contributed by atoms with Crippen molar-refractivity contribution >= 4 is 35.0 Å². The number of carbonyl (C=O) groups excluding carboxylic acids is 2. The molecule has 2 N–H and O–H groups in total. The zero-order valence-corrected chi connectivity index (χ0v) is 16.5. The van der Waals surface area contributed by atoms with Gasteiger partial charge in [0.05, 0.1) is 22.8 Å². The highest BCUT2D eigenvalue weighted by Crippen LogP contribution is 2.35. The highest BCUT2D eigenvalue weighted by atomic mass is 32.2. The predicted molar refractivity (Wildman–Crippen MR) is 108 cm³/mol. The SMILES string of the molecule is CC(Sc1ccc(NC(=O)c2ccco2)cc1)C(=O)Nc1ccccc1C(F)(F)F. The van der Waals surface area contributed by atoms with Gasteiger partial charge in [0.25, 0.3) is 5.91 Å². The Hall–Kier alpha value is -3.20. The number of hydrogen-bond acceptors (Lipinski definition) is 4. The molecule has 1 heterocycles. The Kier molecular flexibility index (Phi) is 6.51. The highest BCUT2D eigenvalue weighted by molar-refractivity contribution is 8.00. The Morgan fingerprint density at radius 2 is 1.67 bits per heavy atom. The fourth-order valence-corrected chi connectivity index (χ4v) is 3.42. The number of amides is 2. The molecule has 0 saturated carbocycles. The molecule has 2 amide bonds. The summed E-state index contributed by atoms with van der Waals surface area (Å²) in [6, 6.07) is 14.7. The standard InChI is InChI=1S/C21H17F3N2O3S/c1-13(19(27)26-17-6-3-2-5-16(17)21(22,23)24)30-15-10-8-14(9-11-15)25-20(28)18-7-4-12-29-18/h2-13H,1H3,(H,25,28)(H,26,27). The molecular weight excluding hydrogens is 417 g/mol. The van der Waals surface area contributed by atoms with Crippen LogP contribution in [0.4, 0.5) is 24.5 Å². The van der Waals surface area contributed by atoms with Crippen LogP contribution in [0.3, 0.4) is 0 Å². The number of anilines is 2. The molecule has 30 heavy (non-hydrogen) atoms. The van der Waals surface area contributed by atoms with E-state index in [-0.39, 0.29) is 11.4 Å². The summed E-state index contributed by atoms with van der Waals surface area (Å²) in [6.07, 6.45) is -3.16. The number of rotatable bonds is 6. The molecule has 0 aliphatic carbocycles. The van der Waals surface area contributed by atoms with Crippen LogP contribution < -0.4 is 10.6 Å². The van der Waals surface area contributed by atoms with E-state index < -0.39 is 28.8 Å². The average molecular weight is 434 g/mol. The van der Waals surface area contributed by atoms with E-state index in [1.807, 2.05) is 0 Å². The van der Waals surface area contributed by atoms with Crippen molar-refractivity contribution in [3.8, 4) is 0 Å². The summed E-state index contributed by atoms with van der Waals surface area (Å²) in [4.78, 5) is 25.0. The summed E-state index contributed by atoms with van der Waals surface area (Å²) in [5.74, 6) is -0.763. The van der Waals surface area contributed by atoms with Gasteiger partial charge in [-0.05, 0) is 55.5 Å². The number of alkyl halides is 3. The van der Waals surface area contributed by atoms with Crippen LogP contribution in [0, 0.1) is 0 Å². The smallest absolute Gasteiger partial charge is 0.418 e. The van der Waals surface area contributed by atoms with Crippen molar-refractivity contribution in [2.24, 2.45) is 0 Å². The second-order valence-corrected chi connectivity index (χ2v) is 7.66. The average Bonchev–Trinajstić information content (AvgIpc) is 3.24. The van der Waals surface area contributed by atoms with Crippen molar-refractivity contribution in [2.45, 2.75) is 23.2 Å². The van der Waals surface area contributed by atoms with E-state index in [2.05, 4.69) is 10.6 Å². The molecule has 2 aromatic carbocycles. The molecule has 3 rings (SSSR count). The summed E-state index contributed by atoms with van der Waals surface area (Å²) in [5, 5.41) is 4.37. The Labute approximate surface area is 174 Å². The number of para-hydroxylation sites is 1. The molecule has 5 nitrogen and oxygen atoms in total. The van der Waals surface area contributed by atoms with Gasteiger partial charge in [-0.1, -0.05) is 12.1 Å². The second kappa shape index (κ2) is 9.08. The second-order valence-electron chi connectivity index (χ2n) is 6.25. The number of benzene rings is 2. The van der Waals surface area contributed by atoms with Crippen molar-refractivity contribution in [1.29, 1.82) is 0 Å². The Balaban J connectivity index is 1.60.